The van der Waals surface area contributed by atoms with Crippen molar-refractivity contribution in [3.05, 3.63) is 81.5 Å². The number of aromatic amines is 1. The molecule has 0 saturated carbocycles. The fourth-order valence-corrected chi connectivity index (χ4v) is 4.22. The summed E-state index contributed by atoms with van der Waals surface area (Å²) >= 11 is 12.7. The molecule has 0 aliphatic heterocycles. The fourth-order valence-electron chi connectivity index (χ4n) is 3.68. The average Bonchev–Trinajstić information content (AvgIpc) is 3.41. The number of fused-ring (bicyclic) bond motifs is 1. The van der Waals surface area contributed by atoms with Gasteiger partial charge in [-0.25, -0.2) is 0 Å². The number of benzene rings is 2. The van der Waals surface area contributed by atoms with Crippen LogP contribution in [-0.2, 0) is 11.2 Å². The minimum Gasteiger partial charge on any atom is -0.361 e. The molecule has 0 saturated heterocycles. The first kappa shape index (κ1) is 22.4. The van der Waals surface area contributed by atoms with E-state index in [2.05, 4.69) is 26.5 Å². The van der Waals surface area contributed by atoms with Crippen molar-refractivity contribution in [1.29, 1.82) is 0 Å². The van der Waals surface area contributed by atoms with Gasteiger partial charge < -0.3 is 14.8 Å². The first-order valence-electron chi connectivity index (χ1n) is 10.5. The molecule has 0 spiro atoms. The van der Waals surface area contributed by atoms with Gasteiger partial charge in [0.25, 0.3) is 0 Å². The second-order valence-corrected chi connectivity index (χ2v) is 8.86. The SMILES string of the molecule is CC(C)c1noc(CCC(=O)NCC(c2ccc(Cl)cc2Cl)c2c[nH]c3ccccc23)n1. The maximum absolute atomic E-state index is 12.6. The molecule has 4 rings (SSSR count). The Kier molecular flexibility index (Phi) is 6.82. The lowest BCUT2D eigenvalue weighted by atomic mass is 9.90. The monoisotopic (exact) mass is 470 g/mol. The molecule has 0 aliphatic rings. The number of nitrogens with one attached hydrogen (secondary N) is 2. The second-order valence-electron chi connectivity index (χ2n) is 8.01. The highest BCUT2D eigenvalue weighted by Gasteiger charge is 2.22. The van der Waals surface area contributed by atoms with E-state index in [1.165, 1.54) is 0 Å². The molecular formula is C24H24Cl2N4O2. The van der Waals surface area contributed by atoms with Gasteiger partial charge in [-0.2, -0.15) is 4.98 Å². The lowest BCUT2D eigenvalue weighted by Gasteiger charge is -2.19. The molecule has 8 heteroatoms. The molecular weight excluding hydrogens is 447 g/mol. The van der Waals surface area contributed by atoms with E-state index in [0.29, 0.717) is 34.7 Å². The van der Waals surface area contributed by atoms with Gasteiger partial charge in [0.15, 0.2) is 5.82 Å². The summed E-state index contributed by atoms with van der Waals surface area (Å²) in [7, 11) is 0. The van der Waals surface area contributed by atoms with Crippen LogP contribution in [0.25, 0.3) is 10.9 Å². The lowest BCUT2D eigenvalue weighted by molar-refractivity contribution is -0.121. The Morgan fingerprint density at radius 1 is 1.16 bits per heavy atom. The van der Waals surface area contributed by atoms with Crippen LogP contribution in [0, 0.1) is 0 Å². The van der Waals surface area contributed by atoms with Crippen molar-refractivity contribution in [2.45, 2.75) is 38.5 Å². The van der Waals surface area contributed by atoms with Crippen LogP contribution in [0.3, 0.4) is 0 Å². The second kappa shape index (κ2) is 9.76. The predicted octanol–water partition coefficient (Wildman–Crippen LogP) is 5.86. The third kappa shape index (κ3) is 4.97. The van der Waals surface area contributed by atoms with Gasteiger partial charge in [0, 0.05) is 58.4 Å². The Balaban J connectivity index is 1.51. The highest BCUT2D eigenvalue weighted by Crippen LogP contribution is 2.35. The number of aromatic nitrogens is 3. The lowest BCUT2D eigenvalue weighted by Crippen LogP contribution is -2.29. The number of hydrogen-bond acceptors (Lipinski definition) is 4. The van der Waals surface area contributed by atoms with Gasteiger partial charge >= 0.3 is 0 Å². The molecule has 2 N–H and O–H groups in total. The minimum absolute atomic E-state index is 0.0933. The number of amides is 1. The molecule has 0 fully saturated rings. The molecule has 166 valence electrons. The molecule has 1 amide bonds. The van der Waals surface area contributed by atoms with Gasteiger partial charge in [0.05, 0.1) is 0 Å². The van der Waals surface area contributed by atoms with E-state index in [0.717, 1.165) is 22.0 Å². The van der Waals surface area contributed by atoms with Gasteiger partial charge in [0.2, 0.25) is 11.8 Å². The Morgan fingerprint density at radius 3 is 2.72 bits per heavy atom. The molecule has 2 aromatic carbocycles. The van der Waals surface area contributed by atoms with Crippen molar-refractivity contribution in [2.24, 2.45) is 0 Å². The molecule has 2 aromatic heterocycles. The van der Waals surface area contributed by atoms with E-state index < -0.39 is 0 Å². The molecule has 0 aliphatic carbocycles. The average molecular weight is 471 g/mol. The van der Waals surface area contributed by atoms with E-state index in [1.807, 2.05) is 50.4 Å². The molecule has 1 atom stereocenters. The first-order chi connectivity index (χ1) is 15.4. The van der Waals surface area contributed by atoms with Gasteiger partial charge in [-0.3, -0.25) is 4.79 Å². The Morgan fingerprint density at radius 2 is 1.97 bits per heavy atom. The van der Waals surface area contributed by atoms with Crippen molar-refractivity contribution in [3.63, 3.8) is 0 Å². The van der Waals surface area contributed by atoms with Crippen LogP contribution in [-0.4, -0.2) is 27.6 Å². The largest absolute Gasteiger partial charge is 0.361 e. The van der Waals surface area contributed by atoms with E-state index in [9.17, 15) is 4.79 Å². The van der Waals surface area contributed by atoms with Crippen LogP contribution in [0.15, 0.2) is 53.2 Å². The summed E-state index contributed by atoms with van der Waals surface area (Å²) in [5, 5.41) is 9.20. The van der Waals surface area contributed by atoms with E-state index in [1.54, 1.807) is 6.07 Å². The summed E-state index contributed by atoms with van der Waals surface area (Å²) in [5.41, 5.74) is 2.99. The van der Waals surface area contributed by atoms with Crippen LogP contribution < -0.4 is 5.32 Å². The topological polar surface area (TPSA) is 83.8 Å². The first-order valence-corrected chi connectivity index (χ1v) is 11.3. The number of rotatable bonds is 8. The summed E-state index contributed by atoms with van der Waals surface area (Å²) in [5.74, 6) is 1.07. The summed E-state index contributed by atoms with van der Waals surface area (Å²) < 4.78 is 5.23. The molecule has 0 bridgehead atoms. The number of hydrogen-bond donors (Lipinski definition) is 2. The zero-order valence-electron chi connectivity index (χ0n) is 17.9. The molecule has 6 nitrogen and oxygen atoms in total. The summed E-state index contributed by atoms with van der Waals surface area (Å²) in [4.78, 5) is 20.2. The normalized spacial score (nSPS) is 12.4. The molecule has 4 aromatic rings. The highest BCUT2D eigenvalue weighted by molar-refractivity contribution is 6.35. The van der Waals surface area contributed by atoms with Gasteiger partial charge in [-0.15, -0.1) is 0 Å². The summed E-state index contributed by atoms with van der Waals surface area (Å²) in [6.45, 7) is 4.38. The molecule has 0 radical (unpaired) electrons. The maximum Gasteiger partial charge on any atom is 0.227 e. The fraction of sp³-hybridized carbons (Fsp3) is 0.292. The van der Waals surface area contributed by atoms with Gasteiger partial charge in [0.1, 0.15) is 0 Å². The van der Waals surface area contributed by atoms with Crippen LogP contribution >= 0.6 is 23.2 Å². The zero-order valence-corrected chi connectivity index (χ0v) is 19.4. The Hall–Kier alpha value is -2.83. The number of nitrogens with zero attached hydrogens (tertiary/aromatic N) is 2. The number of carbonyl (C=O) groups is 1. The van der Waals surface area contributed by atoms with Crippen LogP contribution in [0.4, 0.5) is 0 Å². The van der Waals surface area contributed by atoms with Gasteiger partial charge in [-0.1, -0.05) is 66.5 Å². The van der Waals surface area contributed by atoms with Crippen molar-refractivity contribution in [3.8, 4) is 0 Å². The maximum atomic E-state index is 12.6. The standard InChI is InChI=1S/C24H24Cl2N4O2/c1-14(2)24-29-23(32-30-24)10-9-22(31)28-13-18(16-8-7-15(25)11-20(16)26)19-12-27-21-6-4-3-5-17(19)21/h3-8,11-12,14,18,27H,9-10,13H2,1-2H3,(H,28,31). The third-order valence-corrected chi connectivity index (χ3v) is 5.97. The van der Waals surface area contributed by atoms with Gasteiger partial charge in [-0.05, 0) is 29.3 Å². The number of carbonyl (C=O) groups excluding carboxylic acids is 1. The number of aryl methyl sites for hydroxylation is 1. The van der Waals surface area contributed by atoms with E-state index in [4.69, 9.17) is 27.7 Å². The Bertz CT molecular complexity index is 1230. The molecule has 2 heterocycles. The van der Waals surface area contributed by atoms with Crippen LogP contribution in [0.1, 0.15) is 54.9 Å². The van der Waals surface area contributed by atoms with Crippen molar-refractivity contribution >= 4 is 40.0 Å². The third-order valence-electron chi connectivity index (χ3n) is 5.40. The molecule has 32 heavy (non-hydrogen) atoms. The Labute approximate surface area is 196 Å². The highest BCUT2D eigenvalue weighted by atomic mass is 35.5. The minimum atomic E-state index is -0.143. The van der Waals surface area contributed by atoms with Crippen molar-refractivity contribution in [2.75, 3.05) is 6.54 Å². The number of para-hydroxylation sites is 1. The quantitative estimate of drug-likeness (QED) is 0.337. The number of H-pyrrole nitrogens is 1. The smallest absolute Gasteiger partial charge is 0.227 e. The zero-order chi connectivity index (χ0) is 22.7. The van der Waals surface area contributed by atoms with Crippen LogP contribution in [0.5, 0.6) is 0 Å². The molecule has 1 unspecified atom stereocenters. The van der Waals surface area contributed by atoms with Crippen LogP contribution in [0.2, 0.25) is 10.0 Å². The summed E-state index contributed by atoms with van der Waals surface area (Å²) in [6, 6.07) is 13.5. The predicted molar refractivity (Wildman–Crippen MR) is 126 cm³/mol. The van der Waals surface area contributed by atoms with E-state index in [-0.39, 0.29) is 24.2 Å². The van der Waals surface area contributed by atoms with Crippen molar-refractivity contribution in [1.82, 2.24) is 20.4 Å². The number of halogens is 2. The summed E-state index contributed by atoms with van der Waals surface area (Å²) in [6.07, 6.45) is 2.62. The van der Waals surface area contributed by atoms with Crippen molar-refractivity contribution < 1.29 is 9.32 Å². The van der Waals surface area contributed by atoms with E-state index >= 15 is 0 Å².